The highest BCUT2D eigenvalue weighted by molar-refractivity contribution is 7.99. The van der Waals surface area contributed by atoms with Gasteiger partial charge < -0.3 is 0 Å². The van der Waals surface area contributed by atoms with E-state index in [4.69, 9.17) is 0 Å². The lowest BCUT2D eigenvalue weighted by molar-refractivity contribution is 1.18. The molecule has 0 aromatic carbocycles. The third-order valence-electron chi connectivity index (χ3n) is 1.64. The van der Waals surface area contributed by atoms with Crippen LogP contribution in [0.5, 0.6) is 0 Å². The predicted molar refractivity (Wildman–Crippen MR) is 64.0 cm³/mol. The predicted octanol–water partition coefficient (Wildman–Crippen LogP) is 3.68. The van der Waals surface area contributed by atoms with E-state index in [0.717, 1.165) is 16.1 Å². The molecule has 0 rings (SSSR count). The molecule has 0 bridgehead atoms. The third kappa shape index (κ3) is 4.07. The fourth-order valence-corrected chi connectivity index (χ4v) is 1.10. The van der Waals surface area contributed by atoms with Crippen molar-refractivity contribution in [2.75, 3.05) is 6.26 Å². The standard InChI is InChI=1S/C10H16S2/c1-7(2)10(11)6-8(3)9(4)12-5/h6,9,11H,1,3H2,2,4-5H3. The van der Waals surface area contributed by atoms with Gasteiger partial charge in [0.15, 0.2) is 0 Å². The average Bonchev–Trinajstić information content (AvgIpc) is 2.02. The number of hydrogen-bond donors (Lipinski definition) is 1. The highest BCUT2D eigenvalue weighted by Gasteiger charge is 2.02. The van der Waals surface area contributed by atoms with Crippen molar-refractivity contribution in [3.8, 4) is 0 Å². The van der Waals surface area contributed by atoms with Gasteiger partial charge in [-0.3, -0.25) is 0 Å². The number of rotatable bonds is 4. The van der Waals surface area contributed by atoms with E-state index in [1.54, 1.807) is 11.8 Å². The maximum absolute atomic E-state index is 4.29. The van der Waals surface area contributed by atoms with E-state index >= 15 is 0 Å². The zero-order chi connectivity index (χ0) is 9.72. The Morgan fingerprint density at radius 2 is 2.00 bits per heavy atom. The molecule has 0 spiro atoms. The molecule has 0 heterocycles. The van der Waals surface area contributed by atoms with Crippen LogP contribution < -0.4 is 0 Å². The first-order chi connectivity index (χ1) is 5.49. The number of hydrogen-bond acceptors (Lipinski definition) is 2. The van der Waals surface area contributed by atoms with Gasteiger partial charge in [-0.25, -0.2) is 0 Å². The maximum atomic E-state index is 4.29. The molecule has 0 aliphatic carbocycles. The van der Waals surface area contributed by atoms with Crippen LogP contribution in [0.3, 0.4) is 0 Å². The zero-order valence-electron chi connectivity index (χ0n) is 7.92. The van der Waals surface area contributed by atoms with Gasteiger partial charge >= 0.3 is 0 Å². The lowest BCUT2D eigenvalue weighted by Gasteiger charge is -2.08. The SMILES string of the molecule is C=C(C)C(S)=CC(=C)C(C)SC. The van der Waals surface area contributed by atoms with Crippen LogP contribution in [0.25, 0.3) is 0 Å². The second-order valence-electron chi connectivity index (χ2n) is 2.76. The first-order valence-corrected chi connectivity index (χ1v) is 5.50. The number of thioether (sulfide) groups is 1. The van der Waals surface area contributed by atoms with Crippen LogP contribution in [0.15, 0.2) is 35.3 Å². The summed E-state index contributed by atoms with van der Waals surface area (Å²) in [5, 5.41) is 0.450. The minimum Gasteiger partial charge on any atom is -0.158 e. The Labute approximate surface area is 85.2 Å². The van der Waals surface area contributed by atoms with Gasteiger partial charge in [0.05, 0.1) is 0 Å². The molecule has 0 fully saturated rings. The lowest BCUT2D eigenvalue weighted by Crippen LogP contribution is -1.96. The molecule has 1 unspecified atom stereocenters. The smallest absolute Gasteiger partial charge is 0.0260 e. The Balaban J connectivity index is 4.34. The van der Waals surface area contributed by atoms with Gasteiger partial charge in [0.2, 0.25) is 0 Å². The largest absolute Gasteiger partial charge is 0.158 e. The van der Waals surface area contributed by atoms with Crippen molar-refractivity contribution in [2.45, 2.75) is 19.1 Å². The molecule has 0 aromatic heterocycles. The second kappa shape index (κ2) is 5.55. The molecule has 0 aromatic rings. The fourth-order valence-electron chi connectivity index (χ4n) is 0.568. The van der Waals surface area contributed by atoms with Gasteiger partial charge in [-0.15, -0.1) is 12.6 Å². The quantitative estimate of drug-likeness (QED) is 0.533. The summed E-state index contributed by atoms with van der Waals surface area (Å²) in [6.45, 7) is 11.8. The Morgan fingerprint density at radius 1 is 1.50 bits per heavy atom. The zero-order valence-corrected chi connectivity index (χ0v) is 9.64. The molecule has 68 valence electrons. The van der Waals surface area contributed by atoms with Crippen LogP contribution in [0.1, 0.15) is 13.8 Å². The summed E-state index contributed by atoms with van der Waals surface area (Å²) in [4.78, 5) is 0.918. The lowest BCUT2D eigenvalue weighted by atomic mass is 10.2. The molecule has 0 saturated heterocycles. The summed E-state index contributed by atoms with van der Waals surface area (Å²) in [6.07, 6.45) is 4.05. The van der Waals surface area contributed by atoms with Crippen LogP contribution in [-0.4, -0.2) is 11.5 Å². The first-order valence-electron chi connectivity index (χ1n) is 3.77. The highest BCUT2D eigenvalue weighted by atomic mass is 32.2. The molecule has 12 heavy (non-hydrogen) atoms. The topological polar surface area (TPSA) is 0 Å². The first kappa shape index (κ1) is 11.9. The summed E-state index contributed by atoms with van der Waals surface area (Å²) in [5.41, 5.74) is 2.07. The van der Waals surface area contributed by atoms with Crippen LogP contribution in [0.4, 0.5) is 0 Å². The van der Waals surface area contributed by atoms with Gasteiger partial charge in [0.25, 0.3) is 0 Å². The van der Waals surface area contributed by atoms with Crippen molar-refractivity contribution < 1.29 is 0 Å². The van der Waals surface area contributed by atoms with Crippen molar-refractivity contribution in [3.63, 3.8) is 0 Å². The number of thiol groups is 1. The minimum atomic E-state index is 0.450. The van der Waals surface area contributed by atoms with E-state index in [-0.39, 0.29) is 0 Å². The Hall–Kier alpha value is -0.0800. The summed E-state index contributed by atoms with van der Waals surface area (Å²) >= 11 is 6.07. The molecule has 0 radical (unpaired) electrons. The van der Waals surface area contributed by atoms with Crippen molar-refractivity contribution in [2.24, 2.45) is 0 Å². The summed E-state index contributed by atoms with van der Waals surface area (Å²) < 4.78 is 0. The van der Waals surface area contributed by atoms with Crippen LogP contribution >= 0.6 is 24.4 Å². The normalized spacial score (nSPS) is 14.2. The highest BCUT2D eigenvalue weighted by Crippen LogP contribution is 2.20. The van der Waals surface area contributed by atoms with E-state index in [2.05, 4.69) is 39.0 Å². The third-order valence-corrected chi connectivity index (χ3v) is 3.16. The maximum Gasteiger partial charge on any atom is 0.0260 e. The summed E-state index contributed by atoms with van der Waals surface area (Å²) in [5.74, 6) is 0. The monoisotopic (exact) mass is 200 g/mol. The average molecular weight is 200 g/mol. The molecule has 0 aliphatic rings. The minimum absolute atomic E-state index is 0.450. The molecule has 1 atom stereocenters. The van der Waals surface area contributed by atoms with Crippen molar-refractivity contribution >= 4 is 24.4 Å². The van der Waals surface area contributed by atoms with E-state index in [1.165, 1.54) is 0 Å². The molecule has 0 saturated carbocycles. The Kier molecular flexibility index (Phi) is 5.51. The molecular formula is C10H16S2. The van der Waals surface area contributed by atoms with Crippen LogP contribution in [0, 0.1) is 0 Å². The molecule has 0 amide bonds. The van der Waals surface area contributed by atoms with E-state index in [0.29, 0.717) is 5.25 Å². The molecular weight excluding hydrogens is 184 g/mol. The van der Waals surface area contributed by atoms with Crippen LogP contribution in [0.2, 0.25) is 0 Å². The van der Waals surface area contributed by atoms with Crippen molar-refractivity contribution in [1.82, 2.24) is 0 Å². The van der Waals surface area contributed by atoms with Gasteiger partial charge in [-0.05, 0) is 37.3 Å². The Morgan fingerprint density at radius 3 is 2.33 bits per heavy atom. The van der Waals surface area contributed by atoms with E-state index in [1.807, 2.05) is 13.0 Å². The van der Waals surface area contributed by atoms with Gasteiger partial charge in [0, 0.05) is 10.2 Å². The molecule has 0 aliphatic heterocycles. The molecule has 2 heteroatoms. The number of allylic oxidation sites excluding steroid dienone is 2. The second-order valence-corrected chi connectivity index (χ2v) is 4.42. The van der Waals surface area contributed by atoms with Crippen molar-refractivity contribution in [3.05, 3.63) is 35.3 Å². The summed E-state index contributed by atoms with van der Waals surface area (Å²) in [7, 11) is 0. The van der Waals surface area contributed by atoms with E-state index in [9.17, 15) is 0 Å². The molecule has 0 N–H and O–H groups in total. The van der Waals surface area contributed by atoms with Gasteiger partial charge in [0.1, 0.15) is 0 Å². The molecule has 0 nitrogen and oxygen atoms in total. The van der Waals surface area contributed by atoms with Crippen molar-refractivity contribution in [1.29, 1.82) is 0 Å². The van der Waals surface area contributed by atoms with Gasteiger partial charge in [-0.2, -0.15) is 11.8 Å². The summed E-state index contributed by atoms with van der Waals surface area (Å²) in [6, 6.07) is 0. The van der Waals surface area contributed by atoms with Gasteiger partial charge in [-0.1, -0.05) is 13.2 Å². The van der Waals surface area contributed by atoms with E-state index < -0.39 is 0 Å². The fraction of sp³-hybridized carbons (Fsp3) is 0.400. The Bertz CT molecular complexity index is 214. The van der Waals surface area contributed by atoms with Crippen LogP contribution in [-0.2, 0) is 0 Å².